The molecule has 0 bridgehead atoms. The van der Waals surface area contributed by atoms with E-state index < -0.39 is 32.3 Å². The smallest absolute Gasteiger partial charge is 0.339 e. The number of ether oxygens (including phenoxy) is 1. The van der Waals surface area contributed by atoms with E-state index >= 15 is 0 Å². The maximum Gasteiger partial charge on any atom is 0.339 e. The Morgan fingerprint density at radius 3 is 2.62 bits per heavy atom. The SMILES string of the molecule is CCOC(=O)c1cc(F)ccc1S(N)(=O)=O. The Labute approximate surface area is 92.1 Å². The molecule has 7 heteroatoms. The average Bonchev–Trinajstić information content (AvgIpc) is 2.16. The van der Waals surface area contributed by atoms with Gasteiger partial charge in [-0.1, -0.05) is 0 Å². The van der Waals surface area contributed by atoms with Crippen LogP contribution < -0.4 is 5.14 Å². The van der Waals surface area contributed by atoms with Crippen molar-refractivity contribution >= 4 is 16.0 Å². The summed E-state index contributed by atoms with van der Waals surface area (Å²) in [6.45, 7) is 1.60. The lowest BCUT2D eigenvalue weighted by molar-refractivity contribution is 0.0521. The Hall–Kier alpha value is -1.47. The predicted molar refractivity (Wildman–Crippen MR) is 53.7 cm³/mol. The van der Waals surface area contributed by atoms with Crippen LogP contribution in [0.15, 0.2) is 23.1 Å². The summed E-state index contributed by atoms with van der Waals surface area (Å²) in [6.07, 6.45) is 0. The van der Waals surface area contributed by atoms with Crippen LogP contribution in [0.3, 0.4) is 0 Å². The zero-order chi connectivity index (χ0) is 12.3. The van der Waals surface area contributed by atoms with Gasteiger partial charge >= 0.3 is 5.97 Å². The van der Waals surface area contributed by atoms with Crippen LogP contribution in [-0.4, -0.2) is 21.0 Å². The molecule has 0 fully saturated rings. The number of carbonyl (C=O) groups is 1. The molecule has 0 amide bonds. The average molecular weight is 247 g/mol. The van der Waals surface area contributed by atoms with Crippen molar-refractivity contribution in [2.45, 2.75) is 11.8 Å². The second-order valence-electron chi connectivity index (χ2n) is 2.91. The van der Waals surface area contributed by atoms with Gasteiger partial charge in [-0.2, -0.15) is 0 Å². The molecule has 0 heterocycles. The molecule has 0 radical (unpaired) electrons. The van der Waals surface area contributed by atoms with Gasteiger partial charge in [0.25, 0.3) is 0 Å². The van der Waals surface area contributed by atoms with Crippen molar-refractivity contribution in [3.05, 3.63) is 29.6 Å². The standard InChI is InChI=1S/C9H10FNO4S/c1-2-15-9(12)7-5-6(10)3-4-8(7)16(11,13)14/h3-5H,2H2,1H3,(H2,11,13,14). The molecule has 88 valence electrons. The largest absolute Gasteiger partial charge is 0.462 e. The van der Waals surface area contributed by atoms with Crippen molar-refractivity contribution in [3.63, 3.8) is 0 Å². The quantitative estimate of drug-likeness (QED) is 0.794. The topological polar surface area (TPSA) is 86.5 Å². The highest BCUT2D eigenvalue weighted by atomic mass is 32.2. The highest BCUT2D eigenvalue weighted by molar-refractivity contribution is 7.89. The number of hydrogen-bond acceptors (Lipinski definition) is 4. The lowest BCUT2D eigenvalue weighted by Crippen LogP contribution is -2.18. The molecule has 0 aromatic heterocycles. The lowest BCUT2D eigenvalue weighted by atomic mass is 10.2. The fourth-order valence-corrected chi connectivity index (χ4v) is 1.83. The van der Waals surface area contributed by atoms with Gasteiger partial charge in [0.2, 0.25) is 10.0 Å². The molecule has 16 heavy (non-hydrogen) atoms. The van der Waals surface area contributed by atoms with Crippen molar-refractivity contribution in [1.29, 1.82) is 0 Å². The van der Waals surface area contributed by atoms with Crippen LogP contribution in [0.25, 0.3) is 0 Å². The first-order chi connectivity index (χ1) is 7.36. The molecular weight excluding hydrogens is 237 g/mol. The minimum atomic E-state index is -4.08. The molecule has 0 saturated heterocycles. The number of esters is 1. The maximum atomic E-state index is 12.9. The van der Waals surface area contributed by atoms with E-state index in [1.54, 1.807) is 6.92 Å². The van der Waals surface area contributed by atoms with E-state index in [-0.39, 0.29) is 6.61 Å². The zero-order valence-electron chi connectivity index (χ0n) is 8.44. The molecule has 5 nitrogen and oxygen atoms in total. The number of primary sulfonamides is 1. The van der Waals surface area contributed by atoms with Crippen molar-refractivity contribution in [2.75, 3.05) is 6.61 Å². The second-order valence-corrected chi connectivity index (χ2v) is 4.44. The number of nitrogens with two attached hydrogens (primary N) is 1. The summed E-state index contributed by atoms with van der Waals surface area (Å²) in [5.41, 5.74) is -0.399. The van der Waals surface area contributed by atoms with Crippen LogP contribution in [0.4, 0.5) is 4.39 Å². The van der Waals surface area contributed by atoms with Gasteiger partial charge in [0.1, 0.15) is 5.82 Å². The molecule has 0 aliphatic carbocycles. The van der Waals surface area contributed by atoms with Gasteiger partial charge in [-0.05, 0) is 25.1 Å². The van der Waals surface area contributed by atoms with Gasteiger partial charge in [-0.3, -0.25) is 0 Å². The number of sulfonamides is 1. The Morgan fingerprint density at radius 2 is 2.12 bits per heavy atom. The third-order valence-corrected chi connectivity index (χ3v) is 2.71. The first-order valence-corrected chi connectivity index (χ1v) is 5.90. The van der Waals surface area contributed by atoms with Gasteiger partial charge in [0, 0.05) is 0 Å². The molecule has 1 rings (SSSR count). The highest BCUT2D eigenvalue weighted by Crippen LogP contribution is 2.16. The summed E-state index contributed by atoms with van der Waals surface area (Å²) >= 11 is 0. The summed E-state index contributed by atoms with van der Waals surface area (Å²) in [6, 6.07) is 2.61. The Morgan fingerprint density at radius 1 is 1.50 bits per heavy atom. The van der Waals surface area contributed by atoms with E-state index in [0.29, 0.717) is 0 Å². The fourth-order valence-electron chi connectivity index (χ4n) is 1.12. The van der Waals surface area contributed by atoms with E-state index in [2.05, 4.69) is 4.74 Å². The Balaban J connectivity index is 3.35. The molecule has 1 aromatic rings. The molecule has 0 saturated carbocycles. The van der Waals surface area contributed by atoms with Crippen LogP contribution in [0.1, 0.15) is 17.3 Å². The number of halogens is 1. The van der Waals surface area contributed by atoms with E-state index in [1.807, 2.05) is 0 Å². The Kier molecular flexibility index (Phi) is 3.61. The predicted octanol–water partition coefficient (Wildman–Crippen LogP) is 0.650. The van der Waals surface area contributed by atoms with E-state index in [4.69, 9.17) is 5.14 Å². The number of benzene rings is 1. The normalized spacial score (nSPS) is 11.2. The number of carbonyl (C=O) groups excluding carboxylic acids is 1. The van der Waals surface area contributed by atoms with Crippen molar-refractivity contribution in [1.82, 2.24) is 0 Å². The van der Waals surface area contributed by atoms with Crippen LogP contribution in [0.2, 0.25) is 0 Å². The minimum absolute atomic E-state index is 0.0550. The summed E-state index contributed by atoms with van der Waals surface area (Å²) in [4.78, 5) is 10.9. The van der Waals surface area contributed by atoms with Crippen molar-refractivity contribution in [2.24, 2.45) is 5.14 Å². The number of hydrogen-bond donors (Lipinski definition) is 1. The first-order valence-electron chi connectivity index (χ1n) is 4.35. The van der Waals surface area contributed by atoms with Gasteiger partial charge < -0.3 is 4.74 Å². The molecule has 0 aliphatic heterocycles. The van der Waals surface area contributed by atoms with Gasteiger partial charge in [-0.15, -0.1) is 0 Å². The zero-order valence-corrected chi connectivity index (χ0v) is 9.25. The number of rotatable bonds is 3. The Bertz CT molecular complexity index is 512. The van der Waals surface area contributed by atoms with E-state index in [0.717, 1.165) is 18.2 Å². The van der Waals surface area contributed by atoms with Crippen LogP contribution in [-0.2, 0) is 14.8 Å². The molecular formula is C9H10FNO4S. The van der Waals surface area contributed by atoms with Crippen molar-refractivity contribution < 1.29 is 22.3 Å². The van der Waals surface area contributed by atoms with Crippen LogP contribution in [0, 0.1) is 5.82 Å². The molecule has 0 atom stereocenters. The minimum Gasteiger partial charge on any atom is -0.462 e. The molecule has 1 aromatic carbocycles. The lowest BCUT2D eigenvalue weighted by Gasteiger charge is -2.06. The van der Waals surface area contributed by atoms with E-state index in [1.165, 1.54) is 0 Å². The summed E-state index contributed by atoms with van der Waals surface area (Å²) in [5.74, 6) is -1.67. The van der Waals surface area contributed by atoms with Crippen LogP contribution >= 0.6 is 0 Å². The third kappa shape index (κ3) is 2.77. The summed E-state index contributed by atoms with van der Waals surface area (Å²) in [7, 11) is -4.08. The van der Waals surface area contributed by atoms with Crippen molar-refractivity contribution in [3.8, 4) is 0 Å². The highest BCUT2D eigenvalue weighted by Gasteiger charge is 2.20. The van der Waals surface area contributed by atoms with Crippen LogP contribution in [0.5, 0.6) is 0 Å². The third-order valence-electron chi connectivity index (χ3n) is 1.74. The summed E-state index contributed by atoms with van der Waals surface area (Å²) in [5, 5.41) is 4.88. The van der Waals surface area contributed by atoms with Gasteiger partial charge in [0.05, 0.1) is 17.1 Å². The molecule has 2 N–H and O–H groups in total. The molecule has 0 spiro atoms. The van der Waals surface area contributed by atoms with Gasteiger partial charge in [0.15, 0.2) is 0 Å². The molecule has 0 unspecified atom stereocenters. The fraction of sp³-hybridized carbons (Fsp3) is 0.222. The monoisotopic (exact) mass is 247 g/mol. The maximum absolute atomic E-state index is 12.9. The van der Waals surface area contributed by atoms with E-state index in [9.17, 15) is 17.6 Å². The molecule has 0 aliphatic rings. The van der Waals surface area contributed by atoms with Gasteiger partial charge in [-0.25, -0.2) is 22.7 Å². The second kappa shape index (κ2) is 4.58. The summed E-state index contributed by atoms with van der Waals surface area (Å²) < 4.78 is 39.7. The first kappa shape index (κ1) is 12.6.